The molecule has 0 spiro atoms. The van der Waals surface area contributed by atoms with Gasteiger partial charge in [0.15, 0.2) is 5.69 Å². The molecule has 0 saturated heterocycles. The van der Waals surface area contributed by atoms with Crippen molar-refractivity contribution < 1.29 is 27.8 Å². The zero-order chi connectivity index (χ0) is 20.8. The highest BCUT2D eigenvalue weighted by Crippen LogP contribution is 2.34. The summed E-state index contributed by atoms with van der Waals surface area (Å²) >= 11 is -1.92. The fraction of sp³-hybridized carbons (Fsp3) is 0.0769. The van der Waals surface area contributed by atoms with Crippen molar-refractivity contribution in [2.75, 3.05) is 16.2 Å². The molecule has 0 aliphatic carbocycles. The number of hydrazone groups is 1. The number of carbonyl (C=O) groups is 2. The van der Waals surface area contributed by atoms with E-state index in [1.54, 1.807) is 0 Å². The molecule has 2 rings (SSSR count). The number of carboxylic acid groups (broad SMARTS) is 1. The molecule has 2 aromatic rings. The van der Waals surface area contributed by atoms with Crippen molar-refractivity contribution in [3.8, 4) is 0 Å². The quantitative estimate of drug-likeness (QED) is 0.144. The van der Waals surface area contributed by atoms with Crippen LogP contribution in [-0.2, 0) is 16.1 Å². The SMILES string of the molecule is NC(N)=NNCC(=O)Nc1ccc(N(c2scnc2C(=O)O)S(=O)O)cc1F. The number of aromatic carboxylic acids is 1. The summed E-state index contributed by atoms with van der Waals surface area (Å²) in [6.07, 6.45) is 0. The molecular weight excluding hydrogens is 417 g/mol. The number of nitrogens with one attached hydrogen (secondary N) is 2. The highest BCUT2D eigenvalue weighted by molar-refractivity contribution is 7.81. The Labute approximate surface area is 163 Å². The first-order valence-corrected chi connectivity index (χ1v) is 9.13. The van der Waals surface area contributed by atoms with Crippen molar-refractivity contribution in [1.29, 1.82) is 0 Å². The Morgan fingerprint density at radius 3 is 2.68 bits per heavy atom. The zero-order valence-electron chi connectivity index (χ0n) is 13.8. The summed E-state index contributed by atoms with van der Waals surface area (Å²) in [7, 11) is 0. The molecule has 0 fully saturated rings. The number of amides is 1. The summed E-state index contributed by atoms with van der Waals surface area (Å²) in [5.41, 5.74) is 12.8. The lowest BCUT2D eigenvalue weighted by atomic mass is 10.2. The fourth-order valence-electron chi connectivity index (χ4n) is 1.94. The summed E-state index contributed by atoms with van der Waals surface area (Å²) in [4.78, 5) is 26.5. The van der Waals surface area contributed by atoms with Gasteiger partial charge in [0.05, 0.1) is 16.9 Å². The van der Waals surface area contributed by atoms with Gasteiger partial charge in [-0.15, -0.1) is 16.4 Å². The first-order valence-electron chi connectivity index (χ1n) is 7.19. The van der Waals surface area contributed by atoms with Gasteiger partial charge in [-0.2, -0.15) is 0 Å². The smallest absolute Gasteiger partial charge is 0.357 e. The van der Waals surface area contributed by atoms with Crippen LogP contribution < -0.4 is 26.5 Å². The molecule has 150 valence electrons. The van der Waals surface area contributed by atoms with E-state index in [-0.39, 0.29) is 28.9 Å². The van der Waals surface area contributed by atoms with Crippen molar-refractivity contribution in [3.63, 3.8) is 0 Å². The number of carboxylic acids is 1. The Hall–Kier alpha value is -3.30. The minimum absolute atomic E-state index is 0.123. The normalized spacial score (nSPS) is 11.4. The Balaban J connectivity index is 2.24. The molecule has 15 heteroatoms. The second-order valence-electron chi connectivity index (χ2n) is 4.92. The summed E-state index contributed by atoms with van der Waals surface area (Å²) in [5, 5.41) is 14.6. The number of benzene rings is 1. The molecule has 1 aromatic carbocycles. The lowest BCUT2D eigenvalue weighted by Crippen LogP contribution is -2.30. The van der Waals surface area contributed by atoms with Crippen LogP contribution >= 0.6 is 11.3 Å². The molecule has 0 radical (unpaired) electrons. The lowest BCUT2D eigenvalue weighted by molar-refractivity contribution is -0.115. The molecular formula is C13H14FN7O5S2. The topological polar surface area (TPSA) is 196 Å². The largest absolute Gasteiger partial charge is 0.476 e. The second kappa shape index (κ2) is 9.07. The molecule has 0 bridgehead atoms. The van der Waals surface area contributed by atoms with Crippen LogP contribution in [0.4, 0.5) is 20.8 Å². The Morgan fingerprint density at radius 1 is 1.39 bits per heavy atom. The van der Waals surface area contributed by atoms with E-state index in [0.717, 1.165) is 23.5 Å². The van der Waals surface area contributed by atoms with E-state index in [4.69, 9.17) is 16.6 Å². The number of guanidine groups is 1. The number of carbonyl (C=O) groups excluding carboxylic acids is 1. The maximum Gasteiger partial charge on any atom is 0.357 e. The Kier molecular flexibility index (Phi) is 6.80. The fourth-order valence-corrected chi connectivity index (χ4v) is 3.49. The number of halogens is 1. The van der Waals surface area contributed by atoms with Gasteiger partial charge in [0.2, 0.25) is 11.9 Å². The highest BCUT2D eigenvalue weighted by Gasteiger charge is 2.25. The number of hydrogen-bond donors (Lipinski definition) is 6. The predicted octanol–water partition coefficient (Wildman–Crippen LogP) is -0.0283. The molecule has 28 heavy (non-hydrogen) atoms. The molecule has 1 amide bonds. The summed E-state index contributed by atoms with van der Waals surface area (Å²) < 4.78 is 36.3. The number of nitrogens with zero attached hydrogens (tertiary/aromatic N) is 3. The minimum Gasteiger partial charge on any atom is -0.476 e. The van der Waals surface area contributed by atoms with Crippen LogP contribution in [0.15, 0.2) is 28.8 Å². The van der Waals surface area contributed by atoms with E-state index in [2.05, 4.69) is 20.8 Å². The van der Waals surface area contributed by atoms with Gasteiger partial charge in [0.1, 0.15) is 17.4 Å². The van der Waals surface area contributed by atoms with Crippen LogP contribution in [0, 0.1) is 5.82 Å². The molecule has 0 saturated carbocycles. The first-order chi connectivity index (χ1) is 13.2. The molecule has 0 aliphatic rings. The zero-order valence-corrected chi connectivity index (χ0v) is 15.5. The van der Waals surface area contributed by atoms with Gasteiger partial charge in [-0.25, -0.2) is 22.7 Å². The average molecular weight is 431 g/mol. The number of anilines is 3. The monoisotopic (exact) mass is 431 g/mol. The van der Waals surface area contributed by atoms with Gasteiger partial charge < -0.3 is 21.9 Å². The molecule has 8 N–H and O–H groups in total. The maximum absolute atomic E-state index is 14.3. The summed E-state index contributed by atoms with van der Waals surface area (Å²) in [5.74, 6) is -3.28. The maximum atomic E-state index is 14.3. The lowest BCUT2D eigenvalue weighted by Gasteiger charge is -2.19. The summed E-state index contributed by atoms with van der Waals surface area (Å²) in [6, 6.07) is 3.23. The molecule has 0 aliphatic heterocycles. The van der Waals surface area contributed by atoms with Crippen molar-refractivity contribution in [1.82, 2.24) is 10.4 Å². The van der Waals surface area contributed by atoms with E-state index in [0.29, 0.717) is 4.31 Å². The Bertz CT molecular complexity index is 947. The van der Waals surface area contributed by atoms with Crippen LogP contribution in [0.25, 0.3) is 0 Å². The summed E-state index contributed by atoms with van der Waals surface area (Å²) in [6.45, 7) is -0.339. The third-order valence-corrected chi connectivity index (χ3v) is 4.63. The molecule has 1 atom stereocenters. The highest BCUT2D eigenvalue weighted by atomic mass is 32.2. The van der Waals surface area contributed by atoms with Gasteiger partial charge in [-0.1, -0.05) is 0 Å². The van der Waals surface area contributed by atoms with Gasteiger partial charge in [0.25, 0.3) is 11.3 Å². The van der Waals surface area contributed by atoms with Crippen molar-refractivity contribution in [3.05, 3.63) is 35.2 Å². The molecule has 12 nitrogen and oxygen atoms in total. The van der Waals surface area contributed by atoms with E-state index in [1.165, 1.54) is 11.6 Å². The molecule has 1 unspecified atom stereocenters. The molecule has 1 aromatic heterocycles. The van der Waals surface area contributed by atoms with Crippen molar-refractivity contribution in [2.45, 2.75) is 0 Å². The number of nitrogens with two attached hydrogens (primary N) is 2. The van der Waals surface area contributed by atoms with Gasteiger partial charge >= 0.3 is 5.97 Å². The number of rotatable bonds is 8. The van der Waals surface area contributed by atoms with E-state index in [9.17, 15) is 22.7 Å². The second-order valence-corrected chi connectivity index (χ2v) is 6.58. The van der Waals surface area contributed by atoms with Crippen LogP contribution in [0.5, 0.6) is 0 Å². The van der Waals surface area contributed by atoms with Gasteiger partial charge in [-0.3, -0.25) is 14.8 Å². The van der Waals surface area contributed by atoms with Crippen LogP contribution in [0.2, 0.25) is 0 Å². The van der Waals surface area contributed by atoms with Gasteiger partial charge in [-0.05, 0) is 12.1 Å². The third kappa shape index (κ3) is 5.12. The van der Waals surface area contributed by atoms with Crippen LogP contribution in [0.3, 0.4) is 0 Å². The van der Waals surface area contributed by atoms with Crippen molar-refractivity contribution >= 4 is 56.8 Å². The van der Waals surface area contributed by atoms with E-state index < -0.39 is 34.7 Å². The Morgan fingerprint density at radius 2 is 2.11 bits per heavy atom. The van der Waals surface area contributed by atoms with Crippen LogP contribution in [0.1, 0.15) is 10.5 Å². The molecule has 1 heterocycles. The van der Waals surface area contributed by atoms with Gasteiger partial charge in [0, 0.05) is 6.07 Å². The first kappa shape index (κ1) is 21.0. The minimum atomic E-state index is -2.71. The number of aromatic nitrogens is 1. The number of thiazole rings is 1. The third-order valence-electron chi connectivity index (χ3n) is 3.00. The predicted molar refractivity (Wildman–Crippen MR) is 101 cm³/mol. The average Bonchev–Trinajstić information content (AvgIpc) is 3.06. The van der Waals surface area contributed by atoms with Crippen molar-refractivity contribution in [2.24, 2.45) is 16.6 Å². The standard InChI is InChI=1S/C13H14FN7O5S2/c14-7-3-6(1-2-8(7)19-9(22)4-18-20-13(15)16)21(28(25)26)11-10(12(23)24)17-5-27-11/h1-3,5,18H,4H2,(H,19,22)(H,23,24)(H,25,26)(H4,15,16,20). The van der Waals surface area contributed by atoms with E-state index >= 15 is 0 Å². The van der Waals surface area contributed by atoms with E-state index in [1.807, 2.05) is 0 Å². The van der Waals surface area contributed by atoms with Crippen LogP contribution in [-0.4, -0.2) is 43.2 Å². The number of hydrogen-bond acceptors (Lipinski definition) is 7.